The van der Waals surface area contributed by atoms with Gasteiger partial charge in [0.2, 0.25) is 0 Å². The van der Waals surface area contributed by atoms with Crippen LogP contribution < -0.4 is 4.74 Å². The van der Waals surface area contributed by atoms with Gasteiger partial charge in [-0.1, -0.05) is 25.1 Å². The molecule has 0 aliphatic carbocycles. The van der Waals surface area contributed by atoms with E-state index in [-0.39, 0.29) is 11.9 Å². The molecule has 0 aromatic heterocycles. The van der Waals surface area contributed by atoms with Crippen LogP contribution in [0.15, 0.2) is 36.4 Å². The largest absolute Gasteiger partial charge is 0.455 e. The number of fused-ring (bicyclic) bond motifs is 1. The number of esters is 2. The van der Waals surface area contributed by atoms with Crippen molar-refractivity contribution in [2.24, 2.45) is 5.41 Å². The van der Waals surface area contributed by atoms with Gasteiger partial charge in [0.25, 0.3) is 0 Å². The third-order valence-corrected chi connectivity index (χ3v) is 4.55. The molecule has 0 heterocycles. The van der Waals surface area contributed by atoms with E-state index in [0.717, 1.165) is 16.3 Å². The molecule has 2 aromatic carbocycles. The topological polar surface area (TPSA) is 52.6 Å². The van der Waals surface area contributed by atoms with E-state index in [1.54, 1.807) is 6.07 Å². The van der Waals surface area contributed by atoms with E-state index in [1.165, 1.54) is 6.92 Å². The second-order valence-electron chi connectivity index (χ2n) is 7.45. The van der Waals surface area contributed by atoms with Crippen LogP contribution in [0.4, 0.5) is 0 Å². The zero-order valence-corrected chi connectivity index (χ0v) is 15.8. The van der Waals surface area contributed by atoms with Gasteiger partial charge in [0, 0.05) is 6.92 Å². The van der Waals surface area contributed by atoms with Gasteiger partial charge in [0.15, 0.2) is 0 Å². The summed E-state index contributed by atoms with van der Waals surface area (Å²) >= 11 is 0. The number of carbonyl (C=O) groups excluding carboxylic acids is 2. The Morgan fingerprint density at radius 2 is 1.56 bits per heavy atom. The smallest absolute Gasteiger partial charge is 0.316 e. The molecule has 0 spiro atoms. The van der Waals surface area contributed by atoms with Crippen molar-refractivity contribution in [3.8, 4) is 5.75 Å². The first-order valence-corrected chi connectivity index (χ1v) is 8.51. The number of carbonyl (C=O) groups is 2. The second kappa shape index (κ2) is 6.87. The van der Waals surface area contributed by atoms with Crippen LogP contribution in [0.1, 0.15) is 53.5 Å². The van der Waals surface area contributed by atoms with Crippen molar-refractivity contribution < 1.29 is 19.1 Å². The van der Waals surface area contributed by atoms with Gasteiger partial charge in [-0.25, -0.2) is 0 Å². The lowest BCUT2D eigenvalue weighted by molar-refractivity contribution is -0.154. The Bertz CT molecular complexity index is 803. The molecule has 4 nitrogen and oxygen atoms in total. The van der Waals surface area contributed by atoms with Crippen molar-refractivity contribution in [2.75, 3.05) is 0 Å². The SMILES string of the molecule is CCC(C)(C)C(=O)Oc1ccc2cc(C(C)(C)OC(C)=O)ccc2c1. The molecule has 0 aliphatic heterocycles. The van der Waals surface area contributed by atoms with E-state index in [9.17, 15) is 9.59 Å². The highest BCUT2D eigenvalue weighted by atomic mass is 16.6. The van der Waals surface area contributed by atoms with E-state index in [0.29, 0.717) is 12.2 Å². The first kappa shape index (κ1) is 19.0. The third kappa shape index (κ3) is 4.38. The summed E-state index contributed by atoms with van der Waals surface area (Å²) in [7, 11) is 0. The van der Waals surface area contributed by atoms with Crippen molar-refractivity contribution in [1.82, 2.24) is 0 Å². The van der Waals surface area contributed by atoms with Gasteiger partial charge in [-0.3, -0.25) is 9.59 Å². The Morgan fingerprint density at radius 3 is 2.16 bits per heavy atom. The molecule has 0 aliphatic rings. The van der Waals surface area contributed by atoms with Gasteiger partial charge in [-0.2, -0.15) is 0 Å². The summed E-state index contributed by atoms with van der Waals surface area (Å²) in [5.41, 5.74) is -0.296. The van der Waals surface area contributed by atoms with Gasteiger partial charge < -0.3 is 9.47 Å². The number of hydrogen-bond acceptors (Lipinski definition) is 4. The first-order valence-electron chi connectivity index (χ1n) is 8.51. The Hall–Kier alpha value is -2.36. The first-order chi connectivity index (χ1) is 11.5. The van der Waals surface area contributed by atoms with Crippen LogP contribution in [0.3, 0.4) is 0 Å². The molecule has 0 N–H and O–H groups in total. The molecule has 0 radical (unpaired) electrons. The number of rotatable bonds is 5. The van der Waals surface area contributed by atoms with Crippen LogP contribution in [-0.2, 0) is 19.9 Å². The normalized spacial score (nSPS) is 12.1. The maximum absolute atomic E-state index is 12.2. The Balaban J connectivity index is 2.30. The molecule has 0 saturated heterocycles. The van der Waals surface area contributed by atoms with Crippen LogP contribution in [0.2, 0.25) is 0 Å². The molecule has 0 atom stereocenters. The number of benzene rings is 2. The third-order valence-electron chi connectivity index (χ3n) is 4.55. The molecule has 0 saturated carbocycles. The number of hydrogen-bond donors (Lipinski definition) is 0. The average molecular weight is 342 g/mol. The van der Waals surface area contributed by atoms with E-state index >= 15 is 0 Å². The standard InChI is InChI=1S/C21H26O4/c1-7-20(3,4)19(23)24-18-11-9-15-12-17(10-8-16(15)13-18)21(5,6)25-14(2)22/h8-13H,7H2,1-6H3. The molecular weight excluding hydrogens is 316 g/mol. The van der Waals surface area contributed by atoms with Gasteiger partial charge in [-0.05, 0) is 68.7 Å². The lowest BCUT2D eigenvalue weighted by Crippen LogP contribution is -2.28. The summed E-state index contributed by atoms with van der Waals surface area (Å²) in [6, 6.07) is 11.4. The molecule has 2 rings (SSSR count). The van der Waals surface area contributed by atoms with E-state index in [1.807, 2.05) is 65.0 Å². The maximum Gasteiger partial charge on any atom is 0.316 e. The van der Waals surface area contributed by atoms with Crippen LogP contribution in [-0.4, -0.2) is 11.9 Å². The Labute approximate surface area is 149 Å². The Kier molecular flexibility index (Phi) is 5.21. The highest BCUT2D eigenvalue weighted by Crippen LogP contribution is 2.30. The average Bonchev–Trinajstić information content (AvgIpc) is 2.53. The minimum atomic E-state index is -0.698. The molecule has 0 amide bonds. The fraction of sp³-hybridized carbons (Fsp3) is 0.429. The summed E-state index contributed by atoms with van der Waals surface area (Å²) < 4.78 is 10.9. The molecule has 2 aromatic rings. The molecule has 0 fully saturated rings. The second-order valence-corrected chi connectivity index (χ2v) is 7.45. The minimum absolute atomic E-state index is 0.234. The molecule has 0 bridgehead atoms. The lowest BCUT2D eigenvalue weighted by atomic mass is 9.91. The maximum atomic E-state index is 12.2. The van der Waals surface area contributed by atoms with Gasteiger partial charge in [0.1, 0.15) is 11.4 Å². The van der Waals surface area contributed by atoms with Crippen molar-refractivity contribution in [3.05, 3.63) is 42.0 Å². The molecule has 134 valence electrons. The quantitative estimate of drug-likeness (QED) is 0.568. The zero-order chi connectivity index (χ0) is 18.8. The van der Waals surface area contributed by atoms with Gasteiger partial charge >= 0.3 is 11.9 Å². The van der Waals surface area contributed by atoms with E-state index in [2.05, 4.69) is 0 Å². The molecule has 0 unspecified atom stereocenters. The monoisotopic (exact) mass is 342 g/mol. The van der Waals surface area contributed by atoms with Gasteiger partial charge in [-0.15, -0.1) is 0 Å². The lowest BCUT2D eigenvalue weighted by Gasteiger charge is -2.25. The van der Waals surface area contributed by atoms with Gasteiger partial charge in [0.05, 0.1) is 5.41 Å². The van der Waals surface area contributed by atoms with Crippen molar-refractivity contribution >= 4 is 22.7 Å². The van der Waals surface area contributed by atoms with Crippen LogP contribution in [0.5, 0.6) is 5.75 Å². The predicted molar refractivity (Wildman–Crippen MR) is 98.4 cm³/mol. The number of ether oxygens (including phenoxy) is 2. The van der Waals surface area contributed by atoms with E-state index in [4.69, 9.17) is 9.47 Å². The molecular formula is C21H26O4. The minimum Gasteiger partial charge on any atom is -0.455 e. The summed E-state index contributed by atoms with van der Waals surface area (Å²) in [5, 5.41) is 1.95. The van der Waals surface area contributed by atoms with Crippen molar-refractivity contribution in [3.63, 3.8) is 0 Å². The summed E-state index contributed by atoms with van der Waals surface area (Å²) in [6.45, 7) is 10.8. The van der Waals surface area contributed by atoms with Crippen molar-refractivity contribution in [1.29, 1.82) is 0 Å². The predicted octanol–water partition coefficient (Wildman–Crippen LogP) is 4.98. The fourth-order valence-corrected chi connectivity index (χ4v) is 2.47. The molecule has 25 heavy (non-hydrogen) atoms. The van der Waals surface area contributed by atoms with Crippen LogP contribution in [0.25, 0.3) is 10.8 Å². The summed E-state index contributed by atoms with van der Waals surface area (Å²) in [6.07, 6.45) is 0.716. The zero-order valence-electron chi connectivity index (χ0n) is 15.8. The van der Waals surface area contributed by atoms with E-state index < -0.39 is 11.0 Å². The highest BCUT2D eigenvalue weighted by molar-refractivity contribution is 5.86. The fourth-order valence-electron chi connectivity index (χ4n) is 2.47. The van der Waals surface area contributed by atoms with Crippen molar-refractivity contribution in [2.45, 2.75) is 53.6 Å². The highest BCUT2D eigenvalue weighted by Gasteiger charge is 2.28. The molecule has 4 heteroatoms. The summed E-state index contributed by atoms with van der Waals surface area (Å²) in [4.78, 5) is 23.5. The summed E-state index contributed by atoms with van der Waals surface area (Å²) in [5.74, 6) is -0.0149. The van der Waals surface area contributed by atoms with Crippen LogP contribution >= 0.6 is 0 Å². The van der Waals surface area contributed by atoms with Crippen LogP contribution in [0, 0.1) is 5.41 Å². The Morgan fingerprint density at radius 1 is 0.960 bits per heavy atom.